The number of hydrazone groups is 1. The number of carbonyl (C=O) groups excluding carboxylic acids is 1. The summed E-state index contributed by atoms with van der Waals surface area (Å²) in [6.07, 6.45) is 2.73. The summed E-state index contributed by atoms with van der Waals surface area (Å²) in [6, 6.07) is 18.7. The van der Waals surface area contributed by atoms with Gasteiger partial charge in [0.05, 0.1) is 22.2 Å². The van der Waals surface area contributed by atoms with Crippen molar-refractivity contribution in [2.75, 3.05) is 5.75 Å². The summed E-state index contributed by atoms with van der Waals surface area (Å²) in [6.45, 7) is 6.29. The van der Waals surface area contributed by atoms with Crippen molar-refractivity contribution in [1.82, 2.24) is 15.0 Å². The van der Waals surface area contributed by atoms with E-state index in [1.165, 1.54) is 17.3 Å². The Labute approximate surface area is 190 Å². The number of hydrogen-bond acceptors (Lipinski definition) is 5. The molecule has 0 saturated heterocycles. The van der Waals surface area contributed by atoms with Crippen molar-refractivity contribution >= 4 is 45.4 Å². The van der Waals surface area contributed by atoms with Gasteiger partial charge in [-0.25, -0.2) is 10.4 Å². The normalized spacial score (nSPS) is 11.5. The van der Waals surface area contributed by atoms with Crippen LogP contribution in [-0.2, 0) is 11.2 Å². The molecule has 4 aromatic rings. The number of carbonyl (C=O) groups is 1. The second kappa shape index (κ2) is 9.49. The fourth-order valence-corrected chi connectivity index (χ4v) is 5.30. The lowest BCUT2D eigenvalue weighted by Crippen LogP contribution is -2.19. The van der Waals surface area contributed by atoms with Crippen LogP contribution in [0.1, 0.15) is 29.4 Å². The van der Waals surface area contributed by atoms with Crippen LogP contribution < -0.4 is 5.43 Å². The third-order valence-corrected chi connectivity index (χ3v) is 7.25. The molecule has 0 spiro atoms. The highest BCUT2D eigenvalue weighted by atomic mass is 32.2. The monoisotopic (exact) mass is 448 g/mol. The summed E-state index contributed by atoms with van der Waals surface area (Å²) < 4.78 is 4.21. The predicted molar refractivity (Wildman–Crippen MR) is 131 cm³/mol. The molecule has 7 heteroatoms. The third-order valence-electron chi connectivity index (χ3n) is 5.07. The summed E-state index contributed by atoms with van der Waals surface area (Å²) in [7, 11) is 0. The lowest BCUT2D eigenvalue weighted by Gasteiger charge is -2.10. The molecular weight excluding hydrogens is 424 g/mol. The largest absolute Gasteiger partial charge is 0.318 e. The number of thiazole rings is 1. The Morgan fingerprint density at radius 3 is 2.71 bits per heavy atom. The zero-order valence-electron chi connectivity index (χ0n) is 17.8. The minimum atomic E-state index is -0.149. The second-order valence-corrected chi connectivity index (χ2v) is 9.46. The number of hydrogen-bond donors (Lipinski definition) is 1. The molecule has 0 unspecified atom stereocenters. The van der Waals surface area contributed by atoms with Crippen LogP contribution >= 0.6 is 23.1 Å². The smallest absolute Gasteiger partial charge is 0.250 e. The van der Waals surface area contributed by atoms with Gasteiger partial charge in [0.2, 0.25) is 0 Å². The minimum absolute atomic E-state index is 0.149. The first-order valence-corrected chi connectivity index (χ1v) is 11.9. The number of fused-ring (bicyclic) bond motifs is 1. The van der Waals surface area contributed by atoms with Gasteiger partial charge in [-0.3, -0.25) is 4.79 Å². The van der Waals surface area contributed by atoms with Gasteiger partial charge in [0.25, 0.3) is 5.91 Å². The van der Waals surface area contributed by atoms with Crippen molar-refractivity contribution in [3.8, 4) is 5.69 Å². The molecule has 4 rings (SSSR count). The molecule has 0 aliphatic heterocycles. The quantitative estimate of drug-likeness (QED) is 0.230. The zero-order chi connectivity index (χ0) is 21.8. The number of nitrogens with one attached hydrogen (secondary N) is 1. The molecule has 0 fully saturated rings. The van der Waals surface area contributed by atoms with Crippen LogP contribution in [0.15, 0.2) is 64.0 Å². The highest BCUT2D eigenvalue weighted by Gasteiger charge is 2.10. The first-order valence-electron chi connectivity index (χ1n) is 10.1. The number of benzene rings is 2. The van der Waals surface area contributed by atoms with Gasteiger partial charge in [0.1, 0.15) is 0 Å². The Kier molecular flexibility index (Phi) is 6.53. The van der Waals surface area contributed by atoms with Crippen LogP contribution in [0.4, 0.5) is 0 Å². The molecule has 0 radical (unpaired) electrons. The maximum absolute atomic E-state index is 12.2. The van der Waals surface area contributed by atoms with E-state index in [0.29, 0.717) is 0 Å². The molecule has 31 heavy (non-hydrogen) atoms. The zero-order valence-corrected chi connectivity index (χ0v) is 19.4. The number of para-hydroxylation sites is 1. The number of rotatable bonds is 7. The third kappa shape index (κ3) is 4.89. The van der Waals surface area contributed by atoms with Crippen LogP contribution in [-0.4, -0.2) is 27.4 Å². The molecule has 1 N–H and O–H groups in total. The first-order chi connectivity index (χ1) is 15.0. The minimum Gasteiger partial charge on any atom is -0.318 e. The van der Waals surface area contributed by atoms with Gasteiger partial charge in [-0.2, -0.15) is 5.10 Å². The fraction of sp³-hybridized carbons (Fsp3) is 0.208. The van der Waals surface area contributed by atoms with E-state index in [-0.39, 0.29) is 11.7 Å². The molecule has 2 aromatic carbocycles. The number of amides is 1. The number of nitrogens with zero attached hydrogens (tertiary/aromatic N) is 3. The molecule has 2 heterocycles. The average molecular weight is 449 g/mol. The summed E-state index contributed by atoms with van der Waals surface area (Å²) >= 11 is 3.02. The van der Waals surface area contributed by atoms with E-state index in [2.05, 4.69) is 71.2 Å². The Morgan fingerprint density at radius 2 is 1.97 bits per heavy atom. The maximum Gasteiger partial charge on any atom is 0.250 e. The predicted octanol–water partition coefficient (Wildman–Crippen LogP) is 5.51. The van der Waals surface area contributed by atoms with Crippen molar-refractivity contribution in [2.24, 2.45) is 5.10 Å². The lowest BCUT2D eigenvalue weighted by atomic mass is 10.1. The van der Waals surface area contributed by atoms with E-state index in [4.69, 9.17) is 0 Å². The molecular formula is C24H24N4OS2. The summed E-state index contributed by atoms with van der Waals surface area (Å²) in [5, 5.41) is 4.16. The van der Waals surface area contributed by atoms with Gasteiger partial charge in [-0.1, -0.05) is 43.0 Å². The second-order valence-electron chi connectivity index (χ2n) is 7.21. The lowest BCUT2D eigenvalue weighted by molar-refractivity contribution is -0.118. The van der Waals surface area contributed by atoms with Gasteiger partial charge in [0, 0.05) is 22.6 Å². The van der Waals surface area contributed by atoms with Crippen LogP contribution in [0.2, 0.25) is 0 Å². The van der Waals surface area contributed by atoms with Gasteiger partial charge >= 0.3 is 0 Å². The van der Waals surface area contributed by atoms with Crippen molar-refractivity contribution < 1.29 is 4.79 Å². The first kappa shape index (κ1) is 21.3. The Hall–Kier alpha value is -2.90. The van der Waals surface area contributed by atoms with E-state index in [0.717, 1.165) is 43.6 Å². The Bertz CT molecular complexity index is 1210. The van der Waals surface area contributed by atoms with E-state index in [1.54, 1.807) is 17.6 Å². The molecule has 0 saturated carbocycles. The van der Waals surface area contributed by atoms with Crippen molar-refractivity contribution in [3.63, 3.8) is 0 Å². The molecule has 0 aliphatic rings. The molecule has 0 bridgehead atoms. The molecule has 0 aliphatic carbocycles. The molecule has 0 atom stereocenters. The van der Waals surface area contributed by atoms with Gasteiger partial charge in [-0.15, -0.1) is 11.3 Å². The molecule has 158 valence electrons. The van der Waals surface area contributed by atoms with Gasteiger partial charge < -0.3 is 4.57 Å². The summed E-state index contributed by atoms with van der Waals surface area (Å²) in [5.74, 6) is 0.129. The molecule has 1 amide bonds. The van der Waals surface area contributed by atoms with Crippen LogP contribution in [0.3, 0.4) is 0 Å². The highest BCUT2D eigenvalue weighted by Crippen LogP contribution is 2.29. The van der Waals surface area contributed by atoms with Crippen molar-refractivity contribution in [2.45, 2.75) is 31.5 Å². The Morgan fingerprint density at radius 1 is 1.19 bits per heavy atom. The fourth-order valence-electron chi connectivity index (χ4n) is 3.44. The topological polar surface area (TPSA) is 59.3 Å². The van der Waals surface area contributed by atoms with E-state index >= 15 is 0 Å². The van der Waals surface area contributed by atoms with Crippen LogP contribution in [0.5, 0.6) is 0 Å². The van der Waals surface area contributed by atoms with Crippen LogP contribution in [0, 0.1) is 13.8 Å². The molecule has 5 nitrogen and oxygen atoms in total. The van der Waals surface area contributed by atoms with E-state index in [1.807, 2.05) is 24.3 Å². The number of thioether (sulfide) groups is 1. The van der Waals surface area contributed by atoms with E-state index in [9.17, 15) is 4.79 Å². The van der Waals surface area contributed by atoms with Crippen molar-refractivity contribution in [1.29, 1.82) is 0 Å². The standard InChI is InChI=1S/C24H24N4OS2/c1-4-18-9-11-20(12-10-18)28-16(2)13-19(17(28)3)14-25-27-23(29)15-30-24-26-21-7-5-6-8-22(21)31-24/h5-14H,4,15H2,1-3H3,(H,27,29)/b25-14+. The van der Waals surface area contributed by atoms with Gasteiger partial charge in [-0.05, 0) is 56.2 Å². The maximum atomic E-state index is 12.2. The number of aromatic nitrogens is 2. The van der Waals surface area contributed by atoms with Crippen LogP contribution in [0.25, 0.3) is 15.9 Å². The summed E-state index contributed by atoms with van der Waals surface area (Å²) in [5.41, 5.74) is 9.23. The molecule has 2 aromatic heterocycles. The SMILES string of the molecule is CCc1ccc(-n2c(C)cc(/C=N/NC(=O)CSc3nc4ccccc4s3)c2C)cc1. The van der Waals surface area contributed by atoms with Gasteiger partial charge in [0.15, 0.2) is 4.34 Å². The van der Waals surface area contributed by atoms with E-state index < -0.39 is 0 Å². The highest BCUT2D eigenvalue weighted by molar-refractivity contribution is 8.01. The average Bonchev–Trinajstić information content (AvgIpc) is 3.32. The summed E-state index contributed by atoms with van der Waals surface area (Å²) in [4.78, 5) is 16.7. The van der Waals surface area contributed by atoms with Crippen molar-refractivity contribution in [3.05, 3.63) is 77.1 Å². The number of aryl methyl sites for hydroxylation is 2. The Balaban J connectivity index is 1.37.